The monoisotopic (exact) mass is 168 g/mol. The predicted molar refractivity (Wildman–Crippen MR) is 46.0 cm³/mol. The summed E-state index contributed by atoms with van der Waals surface area (Å²) >= 11 is 0. The third kappa shape index (κ3) is 2.38. The maximum atomic E-state index is 11.1. The van der Waals surface area contributed by atoms with Crippen molar-refractivity contribution < 1.29 is 9.53 Å². The largest absolute Gasteiger partial charge is 0.449 e. The van der Waals surface area contributed by atoms with Crippen LogP contribution < -0.4 is 0 Å². The Hall–Kier alpha value is -1.32. The van der Waals surface area contributed by atoms with E-state index in [1.54, 1.807) is 18.5 Å². The highest BCUT2D eigenvalue weighted by atomic mass is 16.6. The Labute approximate surface area is 71.5 Å². The van der Waals surface area contributed by atoms with Crippen molar-refractivity contribution in [3.05, 3.63) is 12.3 Å². The van der Waals surface area contributed by atoms with E-state index in [-0.39, 0.29) is 6.09 Å². The number of hydrogen-bond donors (Lipinski definition) is 0. The molecule has 1 rings (SSSR count). The van der Waals surface area contributed by atoms with Gasteiger partial charge in [0.05, 0.1) is 6.61 Å². The van der Waals surface area contributed by atoms with Gasteiger partial charge >= 0.3 is 6.09 Å². The third-order valence-corrected chi connectivity index (χ3v) is 1.36. The van der Waals surface area contributed by atoms with Crippen molar-refractivity contribution in [1.82, 2.24) is 4.90 Å². The van der Waals surface area contributed by atoms with Gasteiger partial charge in [-0.05, 0) is 12.5 Å². The molecular formula is C8H12N2O2. The van der Waals surface area contributed by atoms with Crippen molar-refractivity contribution in [2.24, 2.45) is 4.99 Å². The van der Waals surface area contributed by atoms with E-state index in [2.05, 4.69) is 4.99 Å². The van der Waals surface area contributed by atoms with Gasteiger partial charge in [0.2, 0.25) is 0 Å². The Balaban J connectivity index is 2.32. The number of carbonyl (C=O) groups excluding carboxylic acids is 1. The van der Waals surface area contributed by atoms with Crippen LogP contribution in [-0.4, -0.2) is 30.5 Å². The molecule has 0 atom stereocenters. The molecule has 1 heterocycles. The Kier molecular flexibility index (Phi) is 3.32. The molecule has 0 aromatic carbocycles. The van der Waals surface area contributed by atoms with Crippen molar-refractivity contribution >= 4 is 12.3 Å². The number of aliphatic imine (C=N–C) groups is 1. The van der Waals surface area contributed by atoms with Gasteiger partial charge in [0.15, 0.2) is 0 Å². The number of carbonyl (C=O) groups is 1. The van der Waals surface area contributed by atoms with Gasteiger partial charge in [0.25, 0.3) is 0 Å². The number of amides is 1. The zero-order valence-corrected chi connectivity index (χ0v) is 7.06. The van der Waals surface area contributed by atoms with Crippen LogP contribution in [0.3, 0.4) is 0 Å². The fraction of sp³-hybridized carbons (Fsp3) is 0.500. The first-order valence-electron chi connectivity index (χ1n) is 3.94. The van der Waals surface area contributed by atoms with Gasteiger partial charge in [-0.25, -0.2) is 4.79 Å². The predicted octanol–water partition coefficient (Wildman–Crippen LogP) is 1.39. The highest BCUT2D eigenvalue weighted by Crippen LogP contribution is 1.99. The van der Waals surface area contributed by atoms with Gasteiger partial charge in [-0.15, -0.1) is 0 Å². The molecule has 0 spiro atoms. The van der Waals surface area contributed by atoms with E-state index in [0.717, 1.165) is 6.42 Å². The van der Waals surface area contributed by atoms with Crippen LogP contribution in [0.1, 0.15) is 13.3 Å². The van der Waals surface area contributed by atoms with Gasteiger partial charge < -0.3 is 4.74 Å². The average Bonchev–Trinajstić information content (AvgIpc) is 2.15. The molecule has 0 N–H and O–H groups in total. The molecule has 1 aliphatic heterocycles. The van der Waals surface area contributed by atoms with Crippen molar-refractivity contribution in [1.29, 1.82) is 0 Å². The summed E-state index contributed by atoms with van der Waals surface area (Å²) in [4.78, 5) is 16.5. The Bertz CT molecular complexity index is 211. The lowest BCUT2D eigenvalue weighted by Gasteiger charge is -2.16. The van der Waals surface area contributed by atoms with E-state index in [1.165, 1.54) is 4.90 Å². The van der Waals surface area contributed by atoms with Crippen LogP contribution in [0, 0.1) is 0 Å². The van der Waals surface area contributed by atoms with Crippen molar-refractivity contribution in [3.63, 3.8) is 0 Å². The van der Waals surface area contributed by atoms with Gasteiger partial charge in [0, 0.05) is 12.4 Å². The van der Waals surface area contributed by atoms with Crippen LogP contribution in [0.2, 0.25) is 0 Å². The molecule has 1 aliphatic rings. The third-order valence-electron chi connectivity index (χ3n) is 1.36. The quantitative estimate of drug-likeness (QED) is 0.625. The molecule has 1 amide bonds. The second-order valence-corrected chi connectivity index (χ2v) is 2.40. The van der Waals surface area contributed by atoms with E-state index in [9.17, 15) is 4.79 Å². The van der Waals surface area contributed by atoms with Crippen LogP contribution in [0.5, 0.6) is 0 Å². The molecule has 4 nitrogen and oxygen atoms in total. The molecule has 0 saturated heterocycles. The van der Waals surface area contributed by atoms with Crippen LogP contribution in [0.15, 0.2) is 17.3 Å². The SMILES string of the molecule is CCCOC(=O)N1C=CC=NC1. The number of rotatable bonds is 2. The summed E-state index contributed by atoms with van der Waals surface area (Å²) in [5.41, 5.74) is 0. The fourth-order valence-corrected chi connectivity index (χ4v) is 0.776. The summed E-state index contributed by atoms with van der Waals surface area (Å²) < 4.78 is 4.89. The van der Waals surface area contributed by atoms with Gasteiger partial charge in [-0.1, -0.05) is 6.92 Å². The molecular weight excluding hydrogens is 156 g/mol. The van der Waals surface area contributed by atoms with Crippen molar-refractivity contribution in [3.8, 4) is 0 Å². The van der Waals surface area contributed by atoms with Crippen molar-refractivity contribution in [2.75, 3.05) is 13.3 Å². The molecule has 12 heavy (non-hydrogen) atoms. The first kappa shape index (κ1) is 8.77. The highest BCUT2D eigenvalue weighted by Gasteiger charge is 2.11. The molecule has 0 radical (unpaired) electrons. The van der Waals surface area contributed by atoms with Crippen LogP contribution >= 0.6 is 0 Å². The summed E-state index contributed by atoms with van der Waals surface area (Å²) in [7, 11) is 0. The minimum Gasteiger partial charge on any atom is -0.449 e. The van der Waals surface area contributed by atoms with Crippen LogP contribution in [0.25, 0.3) is 0 Å². The molecule has 0 fully saturated rings. The zero-order chi connectivity index (χ0) is 8.81. The maximum absolute atomic E-state index is 11.1. The lowest BCUT2D eigenvalue weighted by Crippen LogP contribution is -2.28. The Morgan fingerprint density at radius 2 is 2.58 bits per heavy atom. The Morgan fingerprint density at radius 1 is 1.75 bits per heavy atom. The van der Waals surface area contributed by atoms with Crippen LogP contribution in [-0.2, 0) is 4.74 Å². The van der Waals surface area contributed by atoms with E-state index >= 15 is 0 Å². The number of nitrogens with zero attached hydrogens (tertiary/aromatic N) is 2. The van der Waals surface area contributed by atoms with E-state index in [4.69, 9.17) is 4.74 Å². The van der Waals surface area contributed by atoms with E-state index in [0.29, 0.717) is 13.3 Å². The molecule has 0 saturated carbocycles. The maximum Gasteiger partial charge on any atom is 0.415 e. The van der Waals surface area contributed by atoms with Crippen molar-refractivity contribution in [2.45, 2.75) is 13.3 Å². The molecule has 0 aliphatic carbocycles. The first-order chi connectivity index (χ1) is 5.84. The zero-order valence-electron chi connectivity index (χ0n) is 7.06. The van der Waals surface area contributed by atoms with Gasteiger partial charge in [-0.3, -0.25) is 9.89 Å². The van der Waals surface area contributed by atoms with E-state index in [1.807, 2.05) is 6.92 Å². The molecule has 0 aromatic rings. The number of allylic oxidation sites excluding steroid dienone is 1. The smallest absolute Gasteiger partial charge is 0.415 e. The molecule has 4 heteroatoms. The van der Waals surface area contributed by atoms with Gasteiger partial charge in [-0.2, -0.15) is 0 Å². The fourth-order valence-electron chi connectivity index (χ4n) is 0.776. The normalized spacial score (nSPS) is 14.9. The minimum absolute atomic E-state index is 0.329. The first-order valence-corrected chi connectivity index (χ1v) is 3.94. The Morgan fingerprint density at radius 3 is 3.17 bits per heavy atom. The lowest BCUT2D eigenvalue weighted by atomic mass is 10.5. The summed E-state index contributed by atoms with van der Waals surface area (Å²) in [5, 5.41) is 0. The summed E-state index contributed by atoms with van der Waals surface area (Å²) in [5.74, 6) is 0. The average molecular weight is 168 g/mol. The molecule has 0 bridgehead atoms. The van der Waals surface area contributed by atoms with E-state index < -0.39 is 0 Å². The number of hydrogen-bond acceptors (Lipinski definition) is 3. The summed E-state index contributed by atoms with van der Waals surface area (Å²) in [6.07, 6.45) is 5.53. The minimum atomic E-state index is -0.329. The number of ether oxygens (including phenoxy) is 1. The van der Waals surface area contributed by atoms with Gasteiger partial charge in [0.1, 0.15) is 6.67 Å². The molecule has 66 valence electrons. The second-order valence-electron chi connectivity index (χ2n) is 2.40. The standard InChI is InChI=1S/C8H12N2O2/c1-2-6-12-8(11)10-5-3-4-9-7-10/h3-5H,2,6-7H2,1H3. The molecule has 0 unspecified atom stereocenters. The van der Waals surface area contributed by atoms with Crippen LogP contribution in [0.4, 0.5) is 4.79 Å². The lowest BCUT2D eigenvalue weighted by molar-refractivity contribution is 0.118. The molecule has 0 aromatic heterocycles. The topological polar surface area (TPSA) is 41.9 Å². The summed E-state index contributed by atoms with van der Waals surface area (Å²) in [6.45, 7) is 2.78. The summed E-state index contributed by atoms with van der Waals surface area (Å²) in [6, 6.07) is 0. The second kappa shape index (κ2) is 4.54. The highest BCUT2D eigenvalue weighted by molar-refractivity contribution is 5.76.